The van der Waals surface area contributed by atoms with Gasteiger partial charge in [-0.15, -0.1) is 0 Å². The summed E-state index contributed by atoms with van der Waals surface area (Å²) in [6, 6.07) is 71.0. The number of rotatable bonds is 5. The predicted octanol–water partition coefficient (Wildman–Crippen LogP) is 16.1. The van der Waals surface area contributed by atoms with Gasteiger partial charge < -0.3 is 4.90 Å². The van der Waals surface area contributed by atoms with Gasteiger partial charge in [0.2, 0.25) is 0 Å². The van der Waals surface area contributed by atoms with Crippen LogP contribution in [0.15, 0.2) is 206 Å². The number of hydrogen-bond acceptors (Lipinski definition) is 1. The lowest BCUT2D eigenvalue weighted by Gasteiger charge is -2.46. The molecule has 63 heavy (non-hydrogen) atoms. The van der Waals surface area contributed by atoms with E-state index < -0.39 is 5.41 Å². The van der Waals surface area contributed by atoms with E-state index in [-0.39, 0.29) is 10.8 Å². The van der Waals surface area contributed by atoms with Gasteiger partial charge >= 0.3 is 0 Å². The summed E-state index contributed by atoms with van der Waals surface area (Å²) in [6.45, 7) is 12.0. The van der Waals surface area contributed by atoms with Crippen LogP contribution in [0.4, 0.5) is 17.1 Å². The van der Waals surface area contributed by atoms with Gasteiger partial charge in [-0.1, -0.05) is 204 Å². The molecule has 0 radical (unpaired) electrons. The van der Waals surface area contributed by atoms with Crippen LogP contribution in [-0.2, 0) is 16.2 Å². The largest absolute Gasteiger partial charge is 0.310 e. The van der Waals surface area contributed by atoms with Gasteiger partial charge in [0, 0.05) is 27.8 Å². The van der Waals surface area contributed by atoms with Gasteiger partial charge in [-0.25, -0.2) is 0 Å². The molecule has 8 aromatic carbocycles. The summed E-state index contributed by atoms with van der Waals surface area (Å²) in [5.41, 5.74) is 24.4. The molecule has 1 spiro atoms. The SMILES string of the molecule is CC1C=CC2=C(C1)C(C)(C)c1cc(N(c3ccc(-c4ccc5c(c4)C4(c6ccccc6-5)c5ccccc5C(C)(C)c5ccccc54)cc3)c3ccccc3-c3ccccc3)ccc12. The second-order valence-electron chi connectivity index (χ2n) is 19.3. The number of hydrogen-bond donors (Lipinski definition) is 0. The molecule has 0 amide bonds. The van der Waals surface area contributed by atoms with Crippen LogP contribution in [0.1, 0.15) is 85.5 Å². The fourth-order valence-electron chi connectivity index (χ4n) is 12.1. The van der Waals surface area contributed by atoms with Crippen molar-refractivity contribution in [2.45, 2.75) is 57.3 Å². The van der Waals surface area contributed by atoms with Crippen LogP contribution in [0.5, 0.6) is 0 Å². The highest BCUT2D eigenvalue weighted by Gasteiger charge is 2.53. The Labute approximate surface area is 372 Å². The Morgan fingerprint density at radius 2 is 0.968 bits per heavy atom. The van der Waals surface area contributed by atoms with Gasteiger partial charge in [0.05, 0.1) is 11.1 Å². The predicted molar refractivity (Wildman–Crippen MR) is 264 cm³/mol. The van der Waals surface area contributed by atoms with Crippen molar-refractivity contribution in [2.75, 3.05) is 4.90 Å². The highest BCUT2D eigenvalue weighted by molar-refractivity contribution is 5.93. The first-order valence-corrected chi connectivity index (χ1v) is 22.7. The minimum atomic E-state index is -0.425. The molecule has 1 heteroatoms. The van der Waals surface area contributed by atoms with Crippen molar-refractivity contribution in [3.63, 3.8) is 0 Å². The molecular formula is C62H51N. The van der Waals surface area contributed by atoms with E-state index in [2.05, 4.69) is 240 Å². The lowest BCUT2D eigenvalue weighted by atomic mass is 9.55. The molecule has 0 fully saturated rings. The monoisotopic (exact) mass is 809 g/mol. The lowest BCUT2D eigenvalue weighted by molar-refractivity contribution is 0.563. The average molecular weight is 810 g/mol. The summed E-state index contributed by atoms with van der Waals surface area (Å²) in [5, 5.41) is 0. The molecule has 0 heterocycles. The van der Waals surface area contributed by atoms with Crippen LogP contribution in [0.25, 0.3) is 39.0 Å². The zero-order valence-electron chi connectivity index (χ0n) is 36.8. The van der Waals surface area contributed by atoms with Crippen LogP contribution >= 0.6 is 0 Å². The summed E-state index contributed by atoms with van der Waals surface area (Å²) in [4.78, 5) is 2.48. The van der Waals surface area contributed by atoms with E-state index in [0.717, 1.165) is 17.8 Å². The second kappa shape index (κ2) is 13.8. The molecule has 1 unspecified atom stereocenters. The first-order valence-electron chi connectivity index (χ1n) is 22.7. The van der Waals surface area contributed by atoms with Gasteiger partial charge in [0.15, 0.2) is 0 Å². The molecule has 0 saturated carbocycles. The smallest absolute Gasteiger partial charge is 0.0719 e. The molecule has 8 aromatic rings. The summed E-state index contributed by atoms with van der Waals surface area (Å²) in [5.74, 6) is 0.553. The van der Waals surface area contributed by atoms with Gasteiger partial charge in [0.1, 0.15) is 0 Å². The molecule has 1 atom stereocenters. The maximum absolute atomic E-state index is 2.51. The van der Waals surface area contributed by atoms with Crippen LogP contribution in [0.3, 0.4) is 0 Å². The van der Waals surface area contributed by atoms with Crippen LogP contribution < -0.4 is 4.90 Å². The number of benzene rings is 8. The molecule has 1 nitrogen and oxygen atoms in total. The fraction of sp³-hybridized carbons (Fsp3) is 0.161. The highest BCUT2D eigenvalue weighted by atomic mass is 15.1. The highest BCUT2D eigenvalue weighted by Crippen LogP contribution is 2.62. The summed E-state index contributed by atoms with van der Waals surface area (Å²) in [7, 11) is 0. The van der Waals surface area contributed by atoms with Crippen molar-refractivity contribution < 1.29 is 0 Å². The molecule has 4 aliphatic carbocycles. The molecule has 0 saturated heterocycles. The molecule has 12 rings (SSSR count). The molecule has 4 aliphatic rings. The third-order valence-electron chi connectivity index (χ3n) is 15.2. The number of allylic oxidation sites excluding steroid dienone is 4. The minimum absolute atomic E-state index is 0.0477. The summed E-state index contributed by atoms with van der Waals surface area (Å²) < 4.78 is 0. The molecule has 0 aliphatic heterocycles. The second-order valence-corrected chi connectivity index (χ2v) is 19.3. The minimum Gasteiger partial charge on any atom is -0.310 e. The van der Waals surface area contributed by atoms with E-state index in [1.807, 2.05) is 0 Å². The van der Waals surface area contributed by atoms with Crippen molar-refractivity contribution >= 4 is 22.6 Å². The number of fused-ring (bicyclic) bond motifs is 11. The third kappa shape index (κ3) is 5.36. The quantitative estimate of drug-likeness (QED) is 0.167. The van der Waals surface area contributed by atoms with Gasteiger partial charge in [-0.2, -0.15) is 0 Å². The topological polar surface area (TPSA) is 3.24 Å². The molecule has 0 aromatic heterocycles. The van der Waals surface area contributed by atoms with E-state index in [9.17, 15) is 0 Å². The van der Waals surface area contributed by atoms with Crippen molar-refractivity contribution in [1.82, 2.24) is 0 Å². The summed E-state index contributed by atoms with van der Waals surface area (Å²) >= 11 is 0. The molecule has 0 bridgehead atoms. The normalized spacial score (nSPS) is 17.6. The Hall–Kier alpha value is -6.96. The number of para-hydroxylation sites is 1. The Balaban J connectivity index is 1.01. The fourth-order valence-corrected chi connectivity index (χ4v) is 12.1. The Kier molecular flexibility index (Phi) is 8.26. The molecule has 0 N–H and O–H groups in total. The average Bonchev–Trinajstić information content (AvgIpc) is 3.73. The first-order chi connectivity index (χ1) is 30.7. The summed E-state index contributed by atoms with van der Waals surface area (Å²) in [6.07, 6.45) is 5.87. The number of nitrogens with zero attached hydrogens (tertiary/aromatic N) is 1. The maximum Gasteiger partial charge on any atom is 0.0719 e. The van der Waals surface area contributed by atoms with E-state index in [0.29, 0.717) is 5.92 Å². The van der Waals surface area contributed by atoms with Crippen molar-refractivity contribution in [3.05, 3.63) is 250 Å². The van der Waals surface area contributed by atoms with Crippen LogP contribution in [-0.4, -0.2) is 0 Å². The Morgan fingerprint density at radius 1 is 0.413 bits per heavy atom. The van der Waals surface area contributed by atoms with Gasteiger partial charge in [0.25, 0.3) is 0 Å². The maximum atomic E-state index is 2.51. The zero-order chi connectivity index (χ0) is 42.7. The molecular weight excluding hydrogens is 759 g/mol. The third-order valence-corrected chi connectivity index (χ3v) is 15.2. The van der Waals surface area contributed by atoms with E-state index in [1.165, 1.54) is 89.1 Å². The standard InChI is InChI=1S/C62H51N/c1-40-27-34-48-49-36-33-45(39-57(49)61(4,5)56(48)37-40)63(59-26-16-10-19-46(59)42-17-7-6-8-18-42)44-31-28-41(29-32-44)43-30-35-50-47-20-9-11-21-51(47)62(58(50)38-43)54-24-14-12-22-52(54)60(2,3)53-23-13-15-25-55(53)62/h6-36,38-40H,37H2,1-5H3. The van der Waals surface area contributed by atoms with Crippen LogP contribution in [0, 0.1) is 5.92 Å². The van der Waals surface area contributed by atoms with Crippen molar-refractivity contribution in [2.24, 2.45) is 5.92 Å². The lowest BCUT2D eigenvalue weighted by Crippen LogP contribution is -2.40. The van der Waals surface area contributed by atoms with E-state index in [4.69, 9.17) is 0 Å². The van der Waals surface area contributed by atoms with E-state index >= 15 is 0 Å². The first kappa shape index (κ1) is 37.8. The molecule has 304 valence electrons. The Bertz CT molecular complexity index is 3160. The van der Waals surface area contributed by atoms with Crippen LogP contribution in [0.2, 0.25) is 0 Å². The van der Waals surface area contributed by atoms with Crippen molar-refractivity contribution in [3.8, 4) is 33.4 Å². The van der Waals surface area contributed by atoms with Gasteiger partial charge in [-0.05, 0) is 127 Å². The van der Waals surface area contributed by atoms with Gasteiger partial charge in [-0.3, -0.25) is 0 Å². The number of anilines is 3. The van der Waals surface area contributed by atoms with Crippen molar-refractivity contribution in [1.29, 1.82) is 0 Å². The zero-order valence-corrected chi connectivity index (χ0v) is 36.8. The Morgan fingerprint density at radius 3 is 1.68 bits per heavy atom. The van der Waals surface area contributed by atoms with E-state index in [1.54, 1.807) is 5.57 Å².